The third-order valence-corrected chi connectivity index (χ3v) is 7.77. The molecule has 0 aromatic heterocycles. The third-order valence-electron chi connectivity index (χ3n) is 7.77. The number of hydrogen-bond acceptors (Lipinski definition) is 6. The molecule has 2 aliphatic heterocycles. The highest BCUT2D eigenvalue weighted by atomic mass is 16.6. The van der Waals surface area contributed by atoms with E-state index in [0.29, 0.717) is 23.7 Å². The normalized spacial score (nSPS) is 17.4. The predicted octanol–water partition coefficient (Wildman–Crippen LogP) is 7.56. The van der Waals surface area contributed by atoms with Gasteiger partial charge < -0.3 is 24.4 Å². The number of nitrogens with one attached hydrogen (secondary N) is 1. The van der Waals surface area contributed by atoms with Gasteiger partial charge in [-0.25, -0.2) is 4.79 Å². The number of carbonyl (C=O) groups excluding carboxylic acids is 1. The summed E-state index contributed by atoms with van der Waals surface area (Å²) in [7, 11) is 0. The molecule has 6 nitrogen and oxygen atoms in total. The zero-order valence-corrected chi connectivity index (χ0v) is 23.4. The fourth-order valence-corrected chi connectivity index (χ4v) is 5.88. The minimum absolute atomic E-state index is 0.0924. The van der Waals surface area contributed by atoms with E-state index in [4.69, 9.17) is 14.2 Å². The summed E-state index contributed by atoms with van der Waals surface area (Å²) < 4.78 is 18.8. The lowest BCUT2D eigenvalue weighted by molar-refractivity contribution is 0.0224. The van der Waals surface area contributed by atoms with E-state index in [9.17, 15) is 4.79 Å². The van der Waals surface area contributed by atoms with E-state index in [-0.39, 0.29) is 12.1 Å². The number of benzene rings is 4. The lowest BCUT2D eigenvalue weighted by Crippen LogP contribution is -2.34. The van der Waals surface area contributed by atoms with Crippen molar-refractivity contribution in [1.29, 1.82) is 0 Å². The van der Waals surface area contributed by atoms with E-state index < -0.39 is 5.60 Å². The molecule has 6 heteroatoms. The summed E-state index contributed by atoms with van der Waals surface area (Å²) in [5.41, 5.74) is 5.85. The molecule has 0 aliphatic carbocycles. The van der Waals surface area contributed by atoms with Crippen LogP contribution in [0.25, 0.3) is 0 Å². The van der Waals surface area contributed by atoms with Crippen molar-refractivity contribution in [2.45, 2.75) is 39.4 Å². The van der Waals surface area contributed by atoms with Crippen LogP contribution in [0.4, 0.5) is 17.1 Å². The first kappa shape index (κ1) is 26.0. The Hall–Kier alpha value is -4.29. The average molecular weight is 535 g/mol. The SMILES string of the molecule is CCOC(C)CN(CC)c1ccc2c(c1)Oc1cc(C)c(Nc3ccccc3)cc1C21OC(=O)c2ccccc21. The van der Waals surface area contributed by atoms with Crippen molar-refractivity contribution in [1.82, 2.24) is 0 Å². The Balaban J connectivity index is 1.51. The van der Waals surface area contributed by atoms with Gasteiger partial charge >= 0.3 is 5.97 Å². The van der Waals surface area contributed by atoms with Crippen LogP contribution in [0.1, 0.15) is 53.4 Å². The maximum absolute atomic E-state index is 13.3. The Morgan fingerprint density at radius 1 is 0.900 bits per heavy atom. The molecular weight excluding hydrogens is 500 g/mol. The van der Waals surface area contributed by atoms with E-state index in [1.807, 2.05) is 73.7 Å². The van der Waals surface area contributed by atoms with Gasteiger partial charge in [0.25, 0.3) is 0 Å². The highest BCUT2D eigenvalue weighted by Crippen LogP contribution is 2.57. The van der Waals surface area contributed by atoms with Gasteiger partial charge in [-0.05, 0) is 75.7 Å². The second-order valence-electron chi connectivity index (χ2n) is 10.4. The van der Waals surface area contributed by atoms with Crippen molar-refractivity contribution >= 4 is 23.0 Å². The minimum atomic E-state index is -1.12. The highest BCUT2D eigenvalue weighted by molar-refractivity contribution is 5.97. The first-order valence-electron chi connectivity index (χ1n) is 13.9. The topological polar surface area (TPSA) is 60.0 Å². The number of esters is 1. The fraction of sp³-hybridized carbons (Fsp3) is 0.265. The summed E-state index contributed by atoms with van der Waals surface area (Å²) in [4.78, 5) is 15.6. The fourth-order valence-electron chi connectivity index (χ4n) is 5.88. The molecule has 6 rings (SSSR count). The Labute approximate surface area is 235 Å². The second-order valence-corrected chi connectivity index (χ2v) is 10.4. The Morgan fingerprint density at radius 2 is 1.65 bits per heavy atom. The summed E-state index contributed by atoms with van der Waals surface area (Å²) >= 11 is 0. The summed E-state index contributed by atoms with van der Waals surface area (Å²) in [6, 6.07) is 28.0. The van der Waals surface area contributed by atoms with Crippen molar-refractivity contribution in [3.63, 3.8) is 0 Å². The van der Waals surface area contributed by atoms with Crippen LogP contribution in [0, 0.1) is 6.92 Å². The standard InChI is InChI=1S/C34H34N2O4/c1-5-36(21-23(4)38-6-2)25-16-17-28-32(19-25)39-31-18-22(3)30(35-24-12-8-7-9-13-24)20-29(31)34(28)27-15-11-10-14-26(27)33(37)40-34/h7-20,23,35H,5-6,21H2,1-4H3. The van der Waals surface area contributed by atoms with Crippen LogP contribution in [0.2, 0.25) is 0 Å². The first-order valence-corrected chi connectivity index (χ1v) is 13.9. The molecule has 2 atom stereocenters. The predicted molar refractivity (Wildman–Crippen MR) is 158 cm³/mol. The monoisotopic (exact) mass is 534 g/mol. The molecule has 4 aromatic rings. The number of fused-ring (bicyclic) bond motifs is 6. The average Bonchev–Trinajstić information content (AvgIpc) is 3.26. The number of likely N-dealkylation sites (N-methyl/N-ethyl adjacent to an activating group) is 1. The van der Waals surface area contributed by atoms with E-state index >= 15 is 0 Å². The highest BCUT2D eigenvalue weighted by Gasteiger charge is 2.53. The van der Waals surface area contributed by atoms with Gasteiger partial charge in [-0.2, -0.15) is 0 Å². The Bertz CT molecular complexity index is 1570. The number of para-hydroxylation sites is 1. The van der Waals surface area contributed by atoms with Gasteiger partial charge in [-0.1, -0.05) is 36.4 Å². The molecule has 0 fully saturated rings. The molecule has 0 radical (unpaired) electrons. The van der Waals surface area contributed by atoms with Crippen molar-refractivity contribution in [2.75, 3.05) is 29.9 Å². The molecule has 0 amide bonds. The van der Waals surface area contributed by atoms with Crippen LogP contribution in [0.15, 0.2) is 84.9 Å². The number of rotatable bonds is 8. The Morgan fingerprint density at radius 3 is 2.42 bits per heavy atom. The van der Waals surface area contributed by atoms with Gasteiger partial charge in [0.1, 0.15) is 11.5 Å². The molecule has 0 saturated heterocycles. The maximum atomic E-state index is 13.3. The third kappa shape index (κ3) is 4.29. The van der Waals surface area contributed by atoms with Crippen LogP contribution in [-0.2, 0) is 15.1 Å². The van der Waals surface area contributed by atoms with Gasteiger partial charge in [0.15, 0.2) is 5.60 Å². The smallest absolute Gasteiger partial charge is 0.340 e. The quantitative estimate of drug-likeness (QED) is 0.236. The first-order chi connectivity index (χ1) is 19.4. The molecular formula is C34H34N2O4. The summed E-state index contributed by atoms with van der Waals surface area (Å²) in [6.07, 6.45) is 0.0924. The zero-order valence-electron chi connectivity index (χ0n) is 23.4. The second kappa shape index (κ2) is 10.4. The van der Waals surface area contributed by atoms with Crippen molar-refractivity contribution in [3.05, 3.63) is 113 Å². The van der Waals surface area contributed by atoms with Gasteiger partial charge in [0, 0.05) is 59.5 Å². The largest absolute Gasteiger partial charge is 0.456 e. The van der Waals surface area contributed by atoms with E-state index in [0.717, 1.165) is 52.4 Å². The summed E-state index contributed by atoms with van der Waals surface area (Å²) in [6.45, 7) is 10.5. The Kier molecular flexibility index (Phi) is 6.72. The van der Waals surface area contributed by atoms with Crippen molar-refractivity contribution < 1.29 is 19.0 Å². The molecule has 40 heavy (non-hydrogen) atoms. The van der Waals surface area contributed by atoms with Crippen LogP contribution in [0.3, 0.4) is 0 Å². The van der Waals surface area contributed by atoms with E-state index in [1.54, 1.807) is 0 Å². The summed E-state index contributed by atoms with van der Waals surface area (Å²) in [5.74, 6) is 1.02. The van der Waals surface area contributed by atoms with Gasteiger partial charge in [0.2, 0.25) is 0 Å². The lowest BCUT2D eigenvalue weighted by atomic mass is 9.77. The van der Waals surface area contributed by atoms with E-state index in [2.05, 4.69) is 49.2 Å². The summed E-state index contributed by atoms with van der Waals surface area (Å²) in [5, 5.41) is 3.53. The van der Waals surface area contributed by atoms with Crippen molar-refractivity contribution in [3.8, 4) is 11.5 Å². The van der Waals surface area contributed by atoms with Crippen LogP contribution in [0.5, 0.6) is 11.5 Å². The molecule has 0 saturated carbocycles. The zero-order chi connectivity index (χ0) is 27.9. The van der Waals surface area contributed by atoms with Gasteiger partial charge in [-0.15, -0.1) is 0 Å². The molecule has 204 valence electrons. The lowest BCUT2D eigenvalue weighted by Gasteiger charge is -2.38. The van der Waals surface area contributed by atoms with Gasteiger partial charge in [-0.3, -0.25) is 0 Å². The molecule has 2 heterocycles. The molecule has 4 aromatic carbocycles. The molecule has 0 bridgehead atoms. The number of carbonyl (C=O) groups is 1. The number of anilines is 3. The number of ether oxygens (including phenoxy) is 3. The van der Waals surface area contributed by atoms with Crippen LogP contribution >= 0.6 is 0 Å². The molecule has 2 unspecified atom stereocenters. The van der Waals surface area contributed by atoms with Crippen molar-refractivity contribution in [2.24, 2.45) is 0 Å². The molecule has 1 N–H and O–H groups in total. The number of hydrogen-bond donors (Lipinski definition) is 1. The van der Waals surface area contributed by atoms with Crippen LogP contribution in [-0.4, -0.2) is 31.8 Å². The number of aryl methyl sites for hydroxylation is 1. The van der Waals surface area contributed by atoms with Crippen LogP contribution < -0.4 is 15.0 Å². The molecule has 2 aliphatic rings. The maximum Gasteiger partial charge on any atom is 0.340 e. The van der Waals surface area contributed by atoms with Gasteiger partial charge in [0.05, 0.1) is 11.7 Å². The minimum Gasteiger partial charge on any atom is -0.456 e. The van der Waals surface area contributed by atoms with E-state index in [1.165, 1.54) is 0 Å². The number of nitrogens with zero attached hydrogens (tertiary/aromatic N) is 1. The molecule has 1 spiro atoms.